The number of benzene rings is 1. The fourth-order valence-corrected chi connectivity index (χ4v) is 3.87. The number of carbonyl (C=O) groups is 1. The van der Waals surface area contributed by atoms with Crippen molar-refractivity contribution in [2.24, 2.45) is 5.92 Å². The number of nitrogens with zero attached hydrogens (tertiary/aromatic N) is 1. The van der Waals surface area contributed by atoms with Crippen LogP contribution in [0.25, 0.3) is 0 Å². The number of nitrogens with one attached hydrogen (secondary N) is 1. The Kier molecular flexibility index (Phi) is 5.08. The van der Waals surface area contributed by atoms with Crippen molar-refractivity contribution in [3.05, 3.63) is 35.6 Å². The van der Waals surface area contributed by atoms with Crippen LogP contribution in [0.2, 0.25) is 0 Å². The van der Waals surface area contributed by atoms with E-state index in [1.54, 1.807) is 12.1 Å². The fourth-order valence-electron chi connectivity index (χ4n) is 3.87. The van der Waals surface area contributed by atoms with Gasteiger partial charge in [0.25, 0.3) is 0 Å². The summed E-state index contributed by atoms with van der Waals surface area (Å²) in [6.45, 7) is 2.56. The highest BCUT2D eigenvalue weighted by Gasteiger charge is 2.36. The van der Waals surface area contributed by atoms with Crippen molar-refractivity contribution in [1.29, 1.82) is 0 Å². The Morgan fingerprint density at radius 3 is 2.95 bits per heavy atom. The van der Waals surface area contributed by atoms with Crippen molar-refractivity contribution < 1.29 is 9.18 Å². The van der Waals surface area contributed by atoms with Crippen LogP contribution in [0.5, 0.6) is 0 Å². The van der Waals surface area contributed by atoms with E-state index in [1.807, 2.05) is 6.07 Å². The van der Waals surface area contributed by atoms with Crippen LogP contribution in [0.4, 0.5) is 4.39 Å². The van der Waals surface area contributed by atoms with Gasteiger partial charge in [0.1, 0.15) is 5.82 Å². The average Bonchev–Trinajstić information content (AvgIpc) is 2.98. The minimum Gasteiger partial charge on any atom is -0.356 e. The van der Waals surface area contributed by atoms with E-state index >= 15 is 0 Å². The van der Waals surface area contributed by atoms with Crippen LogP contribution in [0.1, 0.15) is 44.1 Å². The highest BCUT2D eigenvalue weighted by molar-refractivity contribution is 5.79. The van der Waals surface area contributed by atoms with Gasteiger partial charge in [-0.05, 0) is 49.9 Å². The smallest absolute Gasteiger partial charge is 0.224 e. The summed E-state index contributed by atoms with van der Waals surface area (Å²) in [4.78, 5) is 14.8. The Hall–Kier alpha value is -1.42. The van der Waals surface area contributed by atoms with E-state index in [9.17, 15) is 9.18 Å². The molecule has 2 aliphatic rings. The Labute approximate surface area is 131 Å². The quantitative estimate of drug-likeness (QED) is 0.910. The monoisotopic (exact) mass is 304 g/mol. The van der Waals surface area contributed by atoms with Gasteiger partial charge < -0.3 is 5.32 Å². The van der Waals surface area contributed by atoms with Gasteiger partial charge in [-0.25, -0.2) is 4.39 Å². The maximum Gasteiger partial charge on any atom is 0.224 e. The first kappa shape index (κ1) is 15.5. The van der Waals surface area contributed by atoms with Gasteiger partial charge in [-0.1, -0.05) is 25.0 Å². The summed E-state index contributed by atoms with van der Waals surface area (Å²) < 4.78 is 13.4. The van der Waals surface area contributed by atoms with E-state index in [0.29, 0.717) is 6.04 Å². The summed E-state index contributed by atoms with van der Waals surface area (Å²) in [6, 6.07) is 7.15. The zero-order valence-electron chi connectivity index (χ0n) is 13.1. The topological polar surface area (TPSA) is 32.3 Å². The first-order valence-electron chi connectivity index (χ1n) is 8.50. The molecule has 0 bridgehead atoms. The average molecular weight is 304 g/mol. The molecule has 1 aliphatic carbocycles. The number of hydrogen-bond donors (Lipinski definition) is 1. The second-order valence-corrected chi connectivity index (χ2v) is 6.56. The predicted molar refractivity (Wildman–Crippen MR) is 84.8 cm³/mol. The highest BCUT2D eigenvalue weighted by Crippen LogP contribution is 2.32. The maximum atomic E-state index is 13.4. The lowest BCUT2D eigenvalue weighted by Crippen LogP contribution is -2.45. The number of halogens is 1. The largest absolute Gasteiger partial charge is 0.356 e. The molecule has 2 atom stereocenters. The molecule has 1 saturated carbocycles. The van der Waals surface area contributed by atoms with Gasteiger partial charge in [-0.2, -0.15) is 0 Å². The number of rotatable bonds is 2. The van der Waals surface area contributed by atoms with Crippen molar-refractivity contribution >= 4 is 5.91 Å². The van der Waals surface area contributed by atoms with Crippen molar-refractivity contribution in [3.63, 3.8) is 0 Å². The highest BCUT2D eigenvalue weighted by atomic mass is 19.1. The molecule has 0 unspecified atom stereocenters. The van der Waals surface area contributed by atoms with Gasteiger partial charge in [0.05, 0.1) is 5.92 Å². The molecule has 120 valence electrons. The lowest BCUT2D eigenvalue weighted by Gasteiger charge is -2.33. The maximum absolute atomic E-state index is 13.4. The molecule has 4 heteroatoms. The van der Waals surface area contributed by atoms with Crippen LogP contribution in [-0.2, 0) is 11.3 Å². The molecule has 3 rings (SSSR count). The molecular weight excluding hydrogens is 279 g/mol. The van der Waals surface area contributed by atoms with E-state index in [1.165, 1.54) is 6.07 Å². The summed E-state index contributed by atoms with van der Waals surface area (Å²) in [5, 5.41) is 3.09. The van der Waals surface area contributed by atoms with E-state index < -0.39 is 0 Å². The third-order valence-corrected chi connectivity index (χ3v) is 4.98. The van der Waals surface area contributed by atoms with Gasteiger partial charge in [0, 0.05) is 19.1 Å². The molecule has 1 aromatic carbocycles. The first-order chi connectivity index (χ1) is 10.7. The molecule has 1 heterocycles. The summed E-state index contributed by atoms with van der Waals surface area (Å²) in [5.74, 6) is 0.139. The summed E-state index contributed by atoms with van der Waals surface area (Å²) in [6.07, 6.45) is 6.51. The zero-order chi connectivity index (χ0) is 15.4. The third kappa shape index (κ3) is 3.67. The van der Waals surface area contributed by atoms with Gasteiger partial charge in [-0.3, -0.25) is 9.69 Å². The van der Waals surface area contributed by atoms with Gasteiger partial charge in [-0.15, -0.1) is 0 Å². The van der Waals surface area contributed by atoms with Crippen LogP contribution in [0, 0.1) is 11.7 Å². The number of hydrogen-bond acceptors (Lipinski definition) is 2. The molecule has 0 spiro atoms. The van der Waals surface area contributed by atoms with Crippen molar-refractivity contribution in [2.45, 2.75) is 51.1 Å². The molecule has 22 heavy (non-hydrogen) atoms. The molecule has 1 aliphatic heterocycles. The molecule has 1 N–H and O–H groups in total. The van der Waals surface area contributed by atoms with Crippen molar-refractivity contribution in [2.75, 3.05) is 13.1 Å². The second-order valence-electron chi connectivity index (χ2n) is 6.56. The Morgan fingerprint density at radius 1 is 1.18 bits per heavy atom. The van der Waals surface area contributed by atoms with Gasteiger partial charge in [0.2, 0.25) is 5.91 Å². The lowest BCUT2D eigenvalue weighted by atomic mass is 9.98. The molecule has 1 saturated heterocycles. The van der Waals surface area contributed by atoms with Crippen LogP contribution in [0.15, 0.2) is 24.3 Å². The Bertz CT molecular complexity index is 520. The van der Waals surface area contributed by atoms with Crippen molar-refractivity contribution in [1.82, 2.24) is 10.2 Å². The Balaban J connectivity index is 1.77. The molecule has 2 fully saturated rings. The molecule has 0 radical (unpaired) electrons. The molecule has 1 amide bonds. The summed E-state index contributed by atoms with van der Waals surface area (Å²) in [7, 11) is 0. The summed E-state index contributed by atoms with van der Waals surface area (Å²) >= 11 is 0. The number of carbonyl (C=O) groups excluding carboxylic acids is 1. The number of amides is 1. The van der Waals surface area contributed by atoms with Crippen LogP contribution >= 0.6 is 0 Å². The summed E-state index contributed by atoms with van der Waals surface area (Å²) in [5.41, 5.74) is 1.00. The Morgan fingerprint density at radius 2 is 2.09 bits per heavy atom. The van der Waals surface area contributed by atoms with Gasteiger partial charge in [0.15, 0.2) is 0 Å². The third-order valence-electron chi connectivity index (χ3n) is 4.98. The van der Waals surface area contributed by atoms with E-state index in [4.69, 9.17) is 0 Å². The second kappa shape index (κ2) is 7.23. The lowest BCUT2D eigenvalue weighted by molar-refractivity contribution is -0.126. The van der Waals surface area contributed by atoms with Gasteiger partial charge >= 0.3 is 0 Å². The van der Waals surface area contributed by atoms with E-state index in [-0.39, 0.29) is 17.6 Å². The minimum atomic E-state index is -0.181. The van der Waals surface area contributed by atoms with Crippen molar-refractivity contribution in [3.8, 4) is 0 Å². The van der Waals surface area contributed by atoms with E-state index in [0.717, 1.165) is 63.7 Å². The van der Waals surface area contributed by atoms with Crippen LogP contribution < -0.4 is 5.32 Å². The predicted octanol–water partition coefficient (Wildman–Crippen LogP) is 3.10. The fraction of sp³-hybridized carbons (Fsp3) is 0.611. The molecule has 3 nitrogen and oxygen atoms in total. The molecule has 1 aromatic rings. The molecule has 0 aromatic heterocycles. The zero-order valence-corrected chi connectivity index (χ0v) is 13.1. The molecular formula is C18H25FN2O. The van der Waals surface area contributed by atoms with Crippen LogP contribution in [-0.4, -0.2) is 29.9 Å². The standard InChI is InChI=1S/C18H25FN2O/c19-15-7-4-6-14(12-15)13-21-11-3-1-2-10-20-18(22)16-8-5-9-17(16)21/h4,6-7,12,16-17H,1-3,5,8-11,13H2,(H,20,22)/t16-,17+/m1/s1. The van der Waals surface area contributed by atoms with E-state index in [2.05, 4.69) is 10.2 Å². The first-order valence-corrected chi connectivity index (χ1v) is 8.50. The minimum absolute atomic E-state index is 0.103. The number of fused-ring (bicyclic) bond motifs is 1. The SMILES string of the molecule is O=C1NCCCCCN(Cc2cccc(F)c2)[C@H]2CCC[C@@H]12. The van der Waals surface area contributed by atoms with Crippen LogP contribution in [0.3, 0.4) is 0 Å². The normalized spacial score (nSPS) is 27.2.